The minimum absolute atomic E-state index is 1.09. The van der Waals surface area contributed by atoms with Crippen LogP contribution in [0.15, 0.2) is 97.2 Å². The molecule has 0 saturated heterocycles. The molecule has 0 aliphatic heterocycles. The maximum Gasteiger partial charge on any atom is 0.124 e. The van der Waals surface area contributed by atoms with Crippen LogP contribution in [0.1, 0.15) is 0 Å². The Kier molecular flexibility index (Phi) is 3.45. The van der Waals surface area contributed by atoms with Gasteiger partial charge in [0.1, 0.15) is 4.83 Å². The van der Waals surface area contributed by atoms with Crippen LogP contribution in [0, 0.1) is 0 Å². The van der Waals surface area contributed by atoms with Crippen molar-refractivity contribution in [1.82, 2.24) is 9.55 Å². The van der Waals surface area contributed by atoms with Gasteiger partial charge in [-0.3, -0.25) is 0 Å². The molecule has 0 unspecified atom stereocenters. The van der Waals surface area contributed by atoms with Crippen LogP contribution in [-0.4, -0.2) is 9.55 Å². The first-order valence-corrected chi connectivity index (χ1v) is 12.6. The van der Waals surface area contributed by atoms with E-state index in [4.69, 9.17) is 0 Å². The van der Waals surface area contributed by atoms with Crippen molar-refractivity contribution in [2.45, 2.75) is 0 Å². The Morgan fingerprint density at radius 2 is 1.36 bits per heavy atom. The van der Waals surface area contributed by atoms with E-state index < -0.39 is 0 Å². The molecule has 4 heteroatoms. The maximum absolute atomic E-state index is 4.66. The van der Waals surface area contributed by atoms with Gasteiger partial charge in [-0.05, 0) is 48.5 Å². The molecule has 0 fully saturated rings. The molecule has 4 aromatic carbocycles. The van der Waals surface area contributed by atoms with Crippen molar-refractivity contribution in [1.29, 1.82) is 0 Å². The first kappa shape index (κ1) is 17.8. The lowest BCUT2D eigenvalue weighted by Gasteiger charge is -2.09. The fourth-order valence-corrected chi connectivity index (χ4v) is 7.41. The number of rotatable bonds is 1. The molecular formula is C29H16N2S2. The van der Waals surface area contributed by atoms with Gasteiger partial charge in [0.25, 0.3) is 0 Å². The van der Waals surface area contributed by atoms with Crippen LogP contribution >= 0.6 is 22.7 Å². The summed E-state index contributed by atoms with van der Waals surface area (Å²) in [6, 6.07) is 33.2. The SMILES string of the molecule is c1ccc2c(c1)sc1ccc(-n3c4ccccc4c4ccc5sc6ncccc6c5c43)cc12. The third-order valence-corrected chi connectivity index (χ3v) is 8.89. The zero-order valence-electron chi connectivity index (χ0n) is 17.4. The zero-order valence-corrected chi connectivity index (χ0v) is 19.1. The normalized spacial score (nSPS) is 12.2. The molecule has 0 spiro atoms. The number of nitrogens with zero attached hydrogens (tertiary/aromatic N) is 2. The van der Waals surface area contributed by atoms with Gasteiger partial charge in [0.15, 0.2) is 0 Å². The Morgan fingerprint density at radius 3 is 2.33 bits per heavy atom. The lowest BCUT2D eigenvalue weighted by molar-refractivity contribution is 1.19. The summed E-state index contributed by atoms with van der Waals surface area (Å²) in [6.45, 7) is 0. The highest BCUT2D eigenvalue weighted by Gasteiger charge is 2.18. The van der Waals surface area contributed by atoms with Crippen LogP contribution in [0.25, 0.3) is 68.0 Å². The molecule has 0 amide bonds. The molecular weight excluding hydrogens is 440 g/mol. The van der Waals surface area contributed by atoms with E-state index in [2.05, 4.69) is 94.5 Å². The number of benzene rings is 4. The molecule has 2 nitrogen and oxygen atoms in total. The van der Waals surface area contributed by atoms with Gasteiger partial charge in [0, 0.05) is 58.3 Å². The average molecular weight is 457 g/mol. The summed E-state index contributed by atoms with van der Waals surface area (Å²) in [4.78, 5) is 5.75. The Morgan fingerprint density at radius 1 is 0.576 bits per heavy atom. The first-order valence-electron chi connectivity index (χ1n) is 11.0. The highest BCUT2D eigenvalue weighted by molar-refractivity contribution is 7.26. The van der Waals surface area contributed by atoms with E-state index in [1.165, 1.54) is 63.1 Å². The number of para-hydroxylation sites is 1. The number of thiophene rings is 2. The lowest BCUT2D eigenvalue weighted by atomic mass is 10.1. The van der Waals surface area contributed by atoms with E-state index in [9.17, 15) is 0 Å². The standard InChI is InChI=1S/C29H16N2S2/c1-3-9-23-18(6-1)20-12-14-26-27(21-8-5-15-30-29(21)33-26)28(20)31(23)17-11-13-25-22(16-17)19-7-2-4-10-24(19)32-25/h1-16H. The van der Waals surface area contributed by atoms with E-state index in [0.717, 1.165) is 4.83 Å². The van der Waals surface area contributed by atoms with Gasteiger partial charge in [0.05, 0.1) is 11.0 Å². The van der Waals surface area contributed by atoms with Crippen LogP contribution in [0.2, 0.25) is 0 Å². The average Bonchev–Trinajstić information content (AvgIpc) is 3.52. The number of hydrogen-bond donors (Lipinski definition) is 0. The Labute approximate surface area is 196 Å². The summed E-state index contributed by atoms with van der Waals surface area (Å²) in [5, 5.41) is 7.75. The molecule has 154 valence electrons. The van der Waals surface area contributed by atoms with Crippen LogP contribution in [-0.2, 0) is 0 Å². The van der Waals surface area contributed by atoms with Crippen molar-refractivity contribution < 1.29 is 0 Å². The highest BCUT2D eigenvalue weighted by atomic mass is 32.1. The first-order chi connectivity index (χ1) is 16.4. The highest BCUT2D eigenvalue weighted by Crippen LogP contribution is 2.43. The topological polar surface area (TPSA) is 17.8 Å². The molecule has 8 rings (SSSR count). The van der Waals surface area contributed by atoms with Crippen LogP contribution in [0.3, 0.4) is 0 Å². The Bertz CT molecular complexity index is 2040. The molecule has 0 aliphatic carbocycles. The van der Waals surface area contributed by atoms with E-state index in [-0.39, 0.29) is 0 Å². The third-order valence-electron chi connectivity index (χ3n) is 6.66. The molecule has 0 radical (unpaired) electrons. The van der Waals surface area contributed by atoms with Crippen molar-refractivity contribution in [2.75, 3.05) is 0 Å². The number of pyridine rings is 1. The number of hydrogen-bond acceptors (Lipinski definition) is 3. The smallest absolute Gasteiger partial charge is 0.124 e. The van der Waals surface area contributed by atoms with Gasteiger partial charge in [0.2, 0.25) is 0 Å². The molecule has 33 heavy (non-hydrogen) atoms. The van der Waals surface area contributed by atoms with Crippen LogP contribution < -0.4 is 0 Å². The van der Waals surface area contributed by atoms with Gasteiger partial charge in [-0.25, -0.2) is 4.98 Å². The summed E-state index contributed by atoms with van der Waals surface area (Å²) < 4.78 is 6.40. The summed E-state index contributed by atoms with van der Waals surface area (Å²) >= 11 is 3.64. The van der Waals surface area contributed by atoms with Gasteiger partial charge >= 0.3 is 0 Å². The second kappa shape index (κ2) is 6.41. The molecule has 0 bridgehead atoms. The Balaban J connectivity index is 1.60. The summed E-state index contributed by atoms with van der Waals surface area (Å²) in [5.74, 6) is 0. The summed E-state index contributed by atoms with van der Waals surface area (Å²) in [7, 11) is 0. The maximum atomic E-state index is 4.66. The fourth-order valence-electron chi connectivity index (χ4n) is 5.27. The van der Waals surface area contributed by atoms with Crippen molar-refractivity contribution in [3.63, 3.8) is 0 Å². The lowest BCUT2D eigenvalue weighted by Crippen LogP contribution is -1.93. The predicted molar refractivity (Wildman–Crippen MR) is 144 cm³/mol. The van der Waals surface area contributed by atoms with Gasteiger partial charge in [-0.1, -0.05) is 42.5 Å². The summed E-state index contributed by atoms with van der Waals surface area (Å²) in [5.41, 5.74) is 3.71. The molecule has 0 atom stereocenters. The summed E-state index contributed by atoms with van der Waals surface area (Å²) in [6.07, 6.45) is 1.89. The van der Waals surface area contributed by atoms with Gasteiger partial charge in [-0.15, -0.1) is 22.7 Å². The number of fused-ring (bicyclic) bond motifs is 10. The second-order valence-electron chi connectivity index (χ2n) is 8.42. The quantitative estimate of drug-likeness (QED) is 0.241. The van der Waals surface area contributed by atoms with Crippen molar-refractivity contribution in [3.05, 3.63) is 97.2 Å². The van der Waals surface area contributed by atoms with Crippen molar-refractivity contribution in [2.24, 2.45) is 0 Å². The zero-order chi connectivity index (χ0) is 21.5. The second-order valence-corrected chi connectivity index (χ2v) is 10.5. The molecule has 0 saturated carbocycles. The van der Waals surface area contributed by atoms with Gasteiger partial charge < -0.3 is 4.57 Å². The molecule has 0 aliphatic rings. The molecule has 4 aromatic heterocycles. The van der Waals surface area contributed by atoms with Gasteiger partial charge in [-0.2, -0.15) is 0 Å². The van der Waals surface area contributed by atoms with Crippen LogP contribution in [0.5, 0.6) is 0 Å². The predicted octanol–water partition coefficient (Wildman–Crippen LogP) is 8.91. The van der Waals surface area contributed by atoms with E-state index in [1.54, 1.807) is 11.3 Å². The van der Waals surface area contributed by atoms with E-state index in [1.807, 2.05) is 23.6 Å². The van der Waals surface area contributed by atoms with E-state index in [0.29, 0.717) is 0 Å². The fraction of sp³-hybridized carbons (Fsp3) is 0. The van der Waals surface area contributed by atoms with E-state index >= 15 is 0 Å². The van der Waals surface area contributed by atoms with Crippen LogP contribution in [0.4, 0.5) is 0 Å². The Hall–Kier alpha value is -3.73. The molecule has 0 N–H and O–H groups in total. The monoisotopic (exact) mass is 456 g/mol. The minimum atomic E-state index is 1.09. The molecule has 8 aromatic rings. The molecule has 4 heterocycles. The third kappa shape index (κ3) is 2.34. The van der Waals surface area contributed by atoms with Crippen molar-refractivity contribution in [3.8, 4) is 5.69 Å². The largest absolute Gasteiger partial charge is 0.309 e. The van der Waals surface area contributed by atoms with Crippen molar-refractivity contribution >= 4 is 85.0 Å². The minimum Gasteiger partial charge on any atom is -0.309 e. The number of aromatic nitrogens is 2.